The number of para-hydroxylation sites is 1. The van der Waals surface area contributed by atoms with E-state index in [0.29, 0.717) is 18.8 Å². The van der Waals surface area contributed by atoms with Gasteiger partial charge in [0.1, 0.15) is 11.8 Å². The molecule has 0 aromatic heterocycles. The molecule has 0 bridgehead atoms. The summed E-state index contributed by atoms with van der Waals surface area (Å²) in [6.07, 6.45) is 1.91. The monoisotopic (exact) mass is 502 g/mol. The maximum Gasteiger partial charge on any atom is 0.261 e. The summed E-state index contributed by atoms with van der Waals surface area (Å²) in [7, 11) is 0. The topological polar surface area (TPSA) is 58.6 Å². The van der Waals surface area contributed by atoms with Gasteiger partial charge >= 0.3 is 0 Å². The van der Waals surface area contributed by atoms with Crippen molar-refractivity contribution in [2.75, 3.05) is 13.2 Å². The number of benzene rings is 2. The quantitative estimate of drug-likeness (QED) is 0.438. The van der Waals surface area contributed by atoms with E-state index >= 15 is 0 Å². The van der Waals surface area contributed by atoms with Crippen LogP contribution in [0.15, 0.2) is 53.0 Å². The van der Waals surface area contributed by atoms with E-state index in [1.807, 2.05) is 48.5 Å². The summed E-state index contributed by atoms with van der Waals surface area (Å²) >= 11 is 3.44. The predicted molar refractivity (Wildman–Crippen MR) is 133 cm³/mol. The van der Waals surface area contributed by atoms with Crippen molar-refractivity contribution >= 4 is 27.7 Å². The molecule has 0 fully saturated rings. The average Bonchev–Trinajstić information content (AvgIpc) is 2.76. The minimum Gasteiger partial charge on any atom is -0.483 e. The molecule has 0 radical (unpaired) electrons. The zero-order chi connectivity index (χ0) is 23.7. The number of rotatable bonds is 10. The third-order valence-electron chi connectivity index (χ3n) is 5.31. The maximum absolute atomic E-state index is 13.2. The molecule has 5 nitrogen and oxygen atoms in total. The van der Waals surface area contributed by atoms with Crippen molar-refractivity contribution in [3.8, 4) is 5.75 Å². The molecule has 0 unspecified atom stereocenters. The van der Waals surface area contributed by atoms with Gasteiger partial charge in [-0.3, -0.25) is 9.59 Å². The van der Waals surface area contributed by atoms with E-state index in [1.165, 1.54) is 0 Å². The Kier molecular flexibility index (Phi) is 9.76. The van der Waals surface area contributed by atoms with Crippen LogP contribution in [0.2, 0.25) is 0 Å². The van der Waals surface area contributed by atoms with E-state index in [1.54, 1.807) is 11.8 Å². The largest absolute Gasteiger partial charge is 0.483 e. The van der Waals surface area contributed by atoms with Crippen LogP contribution in [0.25, 0.3) is 0 Å². The molecule has 0 aliphatic heterocycles. The Balaban J connectivity index is 2.18. The van der Waals surface area contributed by atoms with Gasteiger partial charge in [-0.25, -0.2) is 0 Å². The summed E-state index contributed by atoms with van der Waals surface area (Å²) in [6.45, 7) is 11.0. The highest BCUT2D eigenvalue weighted by Gasteiger charge is 2.27. The van der Waals surface area contributed by atoms with Crippen LogP contribution in [-0.2, 0) is 21.5 Å². The number of hydrogen-bond acceptors (Lipinski definition) is 3. The predicted octanol–water partition coefficient (Wildman–Crippen LogP) is 5.46. The molecule has 6 heteroatoms. The minimum absolute atomic E-state index is 0.108. The van der Waals surface area contributed by atoms with Crippen LogP contribution in [0.1, 0.15) is 58.6 Å². The summed E-state index contributed by atoms with van der Waals surface area (Å²) < 4.78 is 6.93. The number of nitrogens with one attached hydrogen (secondary N) is 1. The van der Waals surface area contributed by atoms with Gasteiger partial charge in [0.15, 0.2) is 6.61 Å². The van der Waals surface area contributed by atoms with Gasteiger partial charge in [-0.1, -0.05) is 80.4 Å². The minimum atomic E-state index is -0.607. The number of amides is 2. The Bertz CT molecular complexity index is 891. The zero-order valence-electron chi connectivity index (χ0n) is 19.8. The normalized spacial score (nSPS) is 12.2. The van der Waals surface area contributed by atoms with Crippen molar-refractivity contribution in [1.82, 2.24) is 10.2 Å². The molecular weight excluding hydrogens is 468 g/mol. The molecule has 0 saturated heterocycles. The van der Waals surface area contributed by atoms with Crippen molar-refractivity contribution in [3.63, 3.8) is 0 Å². The van der Waals surface area contributed by atoms with Crippen LogP contribution in [-0.4, -0.2) is 35.9 Å². The fourth-order valence-electron chi connectivity index (χ4n) is 3.34. The second-order valence-electron chi connectivity index (χ2n) is 9.00. The second kappa shape index (κ2) is 12.0. The molecule has 2 aromatic carbocycles. The number of hydrogen-bond donors (Lipinski definition) is 1. The van der Waals surface area contributed by atoms with Crippen molar-refractivity contribution in [3.05, 3.63) is 64.1 Å². The molecule has 0 heterocycles. The Morgan fingerprint density at radius 1 is 1.09 bits per heavy atom. The van der Waals surface area contributed by atoms with Crippen molar-refractivity contribution in [2.45, 2.75) is 65.5 Å². The fourth-order valence-corrected chi connectivity index (χ4v) is 3.60. The van der Waals surface area contributed by atoms with Crippen molar-refractivity contribution < 1.29 is 14.3 Å². The number of unbranched alkanes of at least 4 members (excludes halogenated alkanes) is 1. The average molecular weight is 503 g/mol. The van der Waals surface area contributed by atoms with Gasteiger partial charge in [0.2, 0.25) is 5.91 Å². The first kappa shape index (κ1) is 25.9. The lowest BCUT2D eigenvalue weighted by molar-refractivity contribution is -0.142. The second-order valence-corrected chi connectivity index (χ2v) is 9.92. The number of ether oxygens (including phenoxy) is 1. The van der Waals surface area contributed by atoms with Crippen LogP contribution in [0.3, 0.4) is 0 Å². The van der Waals surface area contributed by atoms with Gasteiger partial charge in [0.05, 0.1) is 0 Å². The molecule has 174 valence electrons. The highest BCUT2D eigenvalue weighted by molar-refractivity contribution is 9.10. The van der Waals surface area contributed by atoms with Gasteiger partial charge in [-0.2, -0.15) is 0 Å². The third kappa shape index (κ3) is 7.66. The lowest BCUT2D eigenvalue weighted by Gasteiger charge is -2.29. The molecule has 2 amide bonds. The van der Waals surface area contributed by atoms with Crippen molar-refractivity contribution in [1.29, 1.82) is 0 Å². The van der Waals surface area contributed by atoms with Crippen LogP contribution in [0, 0.1) is 0 Å². The van der Waals surface area contributed by atoms with Crippen LogP contribution in [0.4, 0.5) is 0 Å². The molecule has 0 aliphatic rings. The van der Waals surface area contributed by atoms with Gasteiger partial charge in [-0.15, -0.1) is 0 Å². The third-order valence-corrected chi connectivity index (χ3v) is 5.84. The first-order valence-corrected chi connectivity index (χ1v) is 12.0. The molecule has 1 N–H and O–H groups in total. The molecule has 1 atom stereocenters. The fraction of sp³-hybridized carbons (Fsp3) is 0.462. The van der Waals surface area contributed by atoms with Crippen LogP contribution >= 0.6 is 15.9 Å². The molecular formula is C26H35BrN2O3. The van der Waals surface area contributed by atoms with E-state index in [4.69, 9.17) is 4.74 Å². The Morgan fingerprint density at radius 2 is 1.75 bits per heavy atom. The maximum atomic E-state index is 13.2. The zero-order valence-corrected chi connectivity index (χ0v) is 21.4. The molecule has 0 aliphatic carbocycles. The summed E-state index contributed by atoms with van der Waals surface area (Å²) in [5, 5.41) is 2.94. The van der Waals surface area contributed by atoms with E-state index in [2.05, 4.69) is 48.9 Å². The lowest BCUT2D eigenvalue weighted by atomic mass is 9.86. The Hall–Kier alpha value is -2.34. The number of halogens is 1. The van der Waals surface area contributed by atoms with Crippen LogP contribution < -0.4 is 10.1 Å². The highest BCUT2D eigenvalue weighted by Crippen LogP contribution is 2.31. The smallest absolute Gasteiger partial charge is 0.261 e. The standard InChI is InChI=1S/C26H35BrN2O3/c1-6-7-16-28-25(31)19(2)29(17-20-12-14-21(27)15-13-20)24(30)18-32-23-11-9-8-10-22(23)26(3,4)5/h8-15,19H,6-7,16-18H2,1-5H3,(H,28,31)/t19-/m0/s1. The summed E-state index contributed by atoms with van der Waals surface area (Å²) in [5.41, 5.74) is 1.88. The molecule has 2 rings (SSSR count). The van der Waals surface area contributed by atoms with E-state index in [-0.39, 0.29) is 23.8 Å². The lowest BCUT2D eigenvalue weighted by Crippen LogP contribution is -2.49. The van der Waals surface area contributed by atoms with E-state index in [9.17, 15) is 9.59 Å². The van der Waals surface area contributed by atoms with Crippen LogP contribution in [0.5, 0.6) is 5.75 Å². The Morgan fingerprint density at radius 3 is 2.38 bits per heavy atom. The SMILES string of the molecule is CCCCNC(=O)[C@H](C)N(Cc1ccc(Br)cc1)C(=O)COc1ccccc1C(C)(C)C. The van der Waals surface area contributed by atoms with E-state index < -0.39 is 6.04 Å². The van der Waals surface area contributed by atoms with E-state index in [0.717, 1.165) is 28.4 Å². The highest BCUT2D eigenvalue weighted by atomic mass is 79.9. The molecule has 2 aromatic rings. The molecule has 0 saturated carbocycles. The summed E-state index contributed by atoms with van der Waals surface area (Å²) in [6, 6.07) is 14.9. The van der Waals surface area contributed by atoms with Gasteiger partial charge in [0.25, 0.3) is 5.91 Å². The first-order valence-electron chi connectivity index (χ1n) is 11.2. The summed E-state index contributed by atoms with van der Waals surface area (Å²) in [5.74, 6) is 0.311. The number of carbonyl (C=O) groups excluding carboxylic acids is 2. The number of carbonyl (C=O) groups is 2. The number of nitrogens with zero attached hydrogens (tertiary/aromatic N) is 1. The van der Waals surface area contributed by atoms with Gasteiger partial charge in [-0.05, 0) is 48.1 Å². The molecule has 32 heavy (non-hydrogen) atoms. The first-order chi connectivity index (χ1) is 15.1. The Labute approximate surface area is 200 Å². The molecule has 0 spiro atoms. The van der Waals surface area contributed by atoms with Gasteiger partial charge < -0.3 is 15.0 Å². The van der Waals surface area contributed by atoms with Gasteiger partial charge in [0, 0.05) is 17.6 Å². The summed E-state index contributed by atoms with van der Waals surface area (Å²) in [4.78, 5) is 27.5. The van der Waals surface area contributed by atoms with Crippen molar-refractivity contribution in [2.24, 2.45) is 0 Å².